The van der Waals surface area contributed by atoms with Crippen molar-refractivity contribution in [3.05, 3.63) is 0 Å². The van der Waals surface area contributed by atoms with E-state index in [0.717, 1.165) is 38.5 Å². The highest BCUT2D eigenvalue weighted by atomic mass is 16.6. The van der Waals surface area contributed by atoms with Gasteiger partial charge in [-0.3, -0.25) is 9.69 Å². The van der Waals surface area contributed by atoms with E-state index >= 15 is 0 Å². The zero-order valence-corrected chi connectivity index (χ0v) is 13.8. The molecule has 2 saturated carbocycles. The van der Waals surface area contributed by atoms with Crippen LogP contribution in [0.25, 0.3) is 0 Å². The molecule has 2 aliphatic rings. The molecule has 126 valence electrons. The van der Waals surface area contributed by atoms with Crippen LogP contribution in [-0.4, -0.2) is 52.3 Å². The molecule has 0 aliphatic heterocycles. The number of alkyl carbamates (subject to hydrolysis) is 1. The fraction of sp³-hybridized carbons (Fsp3) is 0.875. The van der Waals surface area contributed by atoms with E-state index in [0.29, 0.717) is 6.04 Å². The number of carbonyl (C=O) groups excluding carboxylic acids is 1. The number of carboxylic acids is 1. The Bertz CT molecular complexity index is 415. The lowest BCUT2D eigenvalue weighted by Crippen LogP contribution is -2.55. The number of carbonyl (C=O) groups is 2. The van der Waals surface area contributed by atoms with Gasteiger partial charge in [0.15, 0.2) is 0 Å². The van der Waals surface area contributed by atoms with E-state index in [1.807, 2.05) is 20.8 Å². The number of amides is 1. The van der Waals surface area contributed by atoms with E-state index in [-0.39, 0.29) is 18.6 Å². The van der Waals surface area contributed by atoms with Gasteiger partial charge in [-0.15, -0.1) is 0 Å². The zero-order chi connectivity index (χ0) is 16.3. The molecule has 2 fully saturated rings. The van der Waals surface area contributed by atoms with Crippen molar-refractivity contribution in [1.29, 1.82) is 0 Å². The Morgan fingerprint density at radius 2 is 1.82 bits per heavy atom. The van der Waals surface area contributed by atoms with Gasteiger partial charge in [-0.1, -0.05) is 12.8 Å². The lowest BCUT2D eigenvalue weighted by molar-refractivity contribution is -0.139. The molecule has 0 aromatic rings. The van der Waals surface area contributed by atoms with Crippen molar-refractivity contribution in [3.63, 3.8) is 0 Å². The Morgan fingerprint density at radius 3 is 2.36 bits per heavy atom. The quantitative estimate of drug-likeness (QED) is 0.815. The average Bonchev–Trinajstić information content (AvgIpc) is 3.18. The predicted octanol–water partition coefficient (Wildman–Crippen LogP) is 2.37. The van der Waals surface area contributed by atoms with Gasteiger partial charge in [0.25, 0.3) is 0 Å². The molecule has 6 nitrogen and oxygen atoms in total. The van der Waals surface area contributed by atoms with Crippen molar-refractivity contribution in [2.45, 2.75) is 83.0 Å². The Kier molecular flexibility index (Phi) is 5.32. The van der Waals surface area contributed by atoms with Crippen LogP contribution in [0.15, 0.2) is 0 Å². The minimum Gasteiger partial charge on any atom is -0.480 e. The number of ether oxygens (including phenoxy) is 1. The second kappa shape index (κ2) is 6.86. The van der Waals surface area contributed by atoms with Crippen molar-refractivity contribution < 1.29 is 19.4 Å². The minimum absolute atomic E-state index is 0.0245. The summed E-state index contributed by atoms with van der Waals surface area (Å²) in [7, 11) is 0. The summed E-state index contributed by atoms with van der Waals surface area (Å²) in [6, 6.07) is 0.440. The predicted molar refractivity (Wildman–Crippen MR) is 82.8 cm³/mol. The number of rotatable bonds is 5. The lowest BCUT2D eigenvalue weighted by atomic mass is 9.89. The molecule has 0 unspecified atom stereocenters. The molecule has 2 rings (SSSR count). The van der Waals surface area contributed by atoms with Crippen LogP contribution >= 0.6 is 0 Å². The summed E-state index contributed by atoms with van der Waals surface area (Å²) in [5, 5.41) is 12.1. The van der Waals surface area contributed by atoms with Gasteiger partial charge in [-0.2, -0.15) is 0 Å². The number of nitrogens with one attached hydrogen (secondary N) is 1. The maximum atomic E-state index is 12.0. The number of hydrogen-bond donors (Lipinski definition) is 2. The van der Waals surface area contributed by atoms with Gasteiger partial charge in [0.1, 0.15) is 5.60 Å². The van der Waals surface area contributed by atoms with Crippen LogP contribution in [0.5, 0.6) is 0 Å². The van der Waals surface area contributed by atoms with E-state index in [1.54, 1.807) is 0 Å². The van der Waals surface area contributed by atoms with Crippen molar-refractivity contribution in [1.82, 2.24) is 10.2 Å². The molecule has 6 heteroatoms. The standard InChI is InChI=1S/C16H28N2O4/c1-16(2,3)22-15(21)17-12-6-4-5-7-13(12)18(10-14(19)20)11-8-9-11/h11-13H,4-10H2,1-3H3,(H,17,21)(H,19,20)/t12-,13+/m1/s1. The first kappa shape index (κ1) is 17.1. The molecule has 0 radical (unpaired) electrons. The smallest absolute Gasteiger partial charge is 0.407 e. The summed E-state index contributed by atoms with van der Waals surface area (Å²) in [5.41, 5.74) is -0.522. The topological polar surface area (TPSA) is 78.9 Å². The summed E-state index contributed by atoms with van der Waals surface area (Å²) in [6.45, 7) is 5.57. The van der Waals surface area contributed by atoms with Crippen LogP contribution in [-0.2, 0) is 9.53 Å². The van der Waals surface area contributed by atoms with Gasteiger partial charge in [0, 0.05) is 18.1 Å². The maximum Gasteiger partial charge on any atom is 0.407 e. The highest BCUT2D eigenvalue weighted by Crippen LogP contribution is 2.33. The zero-order valence-electron chi connectivity index (χ0n) is 13.8. The molecule has 2 atom stereocenters. The Labute approximate surface area is 132 Å². The Balaban J connectivity index is 2.00. The molecule has 2 aliphatic carbocycles. The highest BCUT2D eigenvalue weighted by Gasteiger charge is 2.40. The molecule has 1 amide bonds. The Morgan fingerprint density at radius 1 is 1.18 bits per heavy atom. The second-order valence-corrected chi connectivity index (χ2v) is 7.40. The number of aliphatic carboxylic acids is 1. The van der Waals surface area contributed by atoms with Gasteiger partial charge in [-0.05, 0) is 46.5 Å². The molecule has 22 heavy (non-hydrogen) atoms. The average molecular weight is 312 g/mol. The van der Waals surface area contributed by atoms with Crippen LogP contribution in [0.4, 0.5) is 4.79 Å². The van der Waals surface area contributed by atoms with E-state index < -0.39 is 17.7 Å². The van der Waals surface area contributed by atoms with E-state index in [9.17, 15) is 9.59 Å². The van der Waals surface area contributed by atoms with Gasteiger partial charge < -0.3 is 15.2 Å². The molecule has 0 aromatic carbocycles. The summed E-state index contributed by atoms with van der Waals surface area (Å²) >= 11 is 0. The van der Waals surface area contributed by atoms with Crippen LogP contribution in [0.1, 0.15) is 59.3 Å². The number of nitrogens with zero attached hydrogens (tertiary/aromatic N) is 1. The van der Waals surface area contributed by atoms with Gasteiger partial charge >= 0.3 is 12.1 Å². The Hall–Kier alpha value is -1.30. The van der Waals surface area contributed by atoms with Crippen molar-refractivity contribution in [2.75, 3.05) is 6.54 Å². The van der Waals surface area contributed by atoms with Gasteiger partial charge in [-0.25, -0.2) is 4.79 Å². The molecular weight excluding hydrogens is 284 g/mol. The van der Waals surface area contributed by atoms with Gasteiger partial charge in [0.05, 0.1) is 6.54 Å². The van der Waals surface area contributed by atoms with E-state index in [2.05, 4.69) is 10.2 Å². The van der Waals surface area contributed by atoms with Crippen LogP contribution in [0, 0.1) is 0 Å². The maximum absolute atomic E-state index is 12.0. The highest BCUT2D eigenvalue weighted by molar-refractivity contribution is 5.69. The monoisotopic (exact) mass is 312 g/mol. The summed E-state index contributed by atoms with van der Waals surface area (Å²) < 4.78 is 5.34. The third-order valence-corrected chi connectivity index (χ3v) is 4.19. The van der Waals surface area contributed by atoms with Crippen molar-refractivity contribution >= 4 is 12.1 Å². The molecular formula is C16H28N2O4. The van der Waals surface area contributed by atoms with E-state index in [1.165, 1.54) is 0 Å². The fourth-order valence-corrected chi connectivity index (χ4v) is 3.22. The van der Waals surface area contributed by atoms with Crippen LogP contribution in [0.3, 0.4) is 0 Å². The van der Waals surface area contributed by atoms with Crippen molar-refractivity contribution in [3.8, 4) is 0 Å². The molecule has 0 saturated heterocycles. The molecule has 0 bridgehead atoms. The molecule has 2 N–H and O–H groups in total. The molecule has 0 aromatic heterocycles. The third-order valence-electron chi connectivity index (χ3n) is 4.19. The minimum atomic E-state index is -0.798. The van der Waals surface area contributed by atoms with Crippen LogP contribution < -0.4 is 5.32 Å². The number of hydrogen-bond acceptors (Lipinski definition) is 4. The van der Waals surface area contributed by atoms with Crippen molar-refractivity contribution in [2.24, 2.45) is 0 Å². The van der Waals surface area contributed by atoms with Crippen LogP contribution in [0.2, 0.25) is 0 Å². The fourth-order valence-electron chi connectivity index (χ4n) is 3.22. The summed E-state index contributed by atoms with van der Waals surface area (Å²) in [5.74, 6) is -0.798. The SMILES string of the molecule is CC(C)(C)OC(=O)N[C@@H]1CCCC[C@@H]1N(CC(=O)O)C1CC1. The first-order valence-corrected chi connectivity index (χ1v) is 8.23. The summed E-state index contributed by atoms with van der Waals surface area (Å²) in [6.07, 6.45) is 5.67. The number of carboxylic acid groups (broad SMARTS) is 1. The molecule has 0 heterocycles. The third kappa shape index (κ3) is 5.16. The second-order valence-electron chi connectivity index (χ2n) is 7.40. The van der Waals surface area contributed by atoms with E-state index in [4.69, 9.17) is 9.84 Å². The normalized spacial score (nSPS) is 25.8. The first-order chi connectivity index (χ1) is 10.3. The first-order valence-electron chi connectivity index (χ1n) is 8.23. The molecule has 0 spiro atoms. The lowest BCUT2D eigenvalue weighted by Gasteiger charge is -2.40. The van der Waals surface area contributed by atoms with Gasteiger partial charge in [0.2, 0.25) is 0 Å². The summed E-state index contributed by atoms with van der Waals surface area (Å²) in [4.78, 5) is 25.3. The largest absolute Gasteiger partial charge is 0.480 e.